The summed E-state index contributed by atoms with van der Waals surface area (Å²) in [6, 6.07) is 5.48. The molecule has 2 aromatic heterocycles. The second-order valence-electron chi connectivity index (χ2n) is 6.24. The van der Waals surface area contributed by atoms with Crippen molar-refractivity contribution >= 4 is 39.6 Å². The number of furan rings is 1. The molecule has 0 aliphatic carbocycles. The van der Waals surface area contributed by atoms with Crippen LogP contribution in [0, 0.1) is 20.2 Å². The number of nitrogens with one attached hydrogen (secondary N) is 1. The maximum atomic E-state index is 12.2. The molecule has 3 heterocycles. The summed E-state index contributed by atoms with van der Waals surface area (Å²) >= 11 is 3.04. The van der Waals surface area contributed by atoms with Gasteiger partial charge < -0.3 is 24.0 Å². The molecule has 0 fully saturated rings. The van der Waals surface area contributed by atoms with Gasteiger partial charge in [-0.3, -0.25) is 14.9 Å². The Labute approximate surface area is 185 Å². The fourth-order valence-corrected chi connectivity index (χ4v) is 3.22. The first-order valence-electron chi connectivity index (χ1n) is 8.69. The number of ether oxygens (including phenoxy) is 2. The van der Waals surface area contributed by atoms with Crippen molar-refractivity contribution in [1.29, 1.82) is 0 Å². The maximum absolute atomic E-state index is 12.2. The van der Waals surface area contributed by atoms with Gasteiger partial charge in [-0.15, -0.1) is 0 Å². The van der Waals surface area contributed by atoms with Crippen LogP contribution in [0.3, 0.4) is 0 Å². The summed E-state index contributed by atoms with van der Waals surface area (Å²) in [6.07, 6.45) is 2.51. The number of hydrazone groups is 1. The summed E-state index contributed by atoms with van der Waals surface area (Å²) in [5.41, 5.74) is 2.04. The molecule has 32 heavy (non-hydrogen) atoms. The summed E-state index contributed by atoms with van der Waals surface area (Å²) in [6.45, 7) is -0.000143. The highest BCUT2D eigenvalue weighted by Gasteiger charge is 2.23. The minimum absolute atomic E-state index is 0.0480. The standard InChI is InChI=1S/C17H11BrN6O8/c18-11-7-22(21-16(11)24(28)29)6-10-1-2-13(32-10)17(25)20-19-5-9-3-14-15(31-8-30-14)4-12(9)23(26)27/h1-5,7H,6,8H2,(H,20,25). The predicted molar refractivity (Wildman–Crippen MR) is 109 cm³/mol. The van der Waals surface area contributed by atoms with Crippen molar-refractivity contribution in [2.45, 2.75) is 6.54 Å². The van der Waals surface area contributed by atoms with Crippen molar-refractivity contribution < 1.29 is 28.5 Å². The van der Waals surface area contributed by atoms with Gasteiger partial charge in [0.05, 0.1) is 34.1 Å². The number of rotatable bonds is 7. The number of hydrogen-bond donors (Lipinski definition) is 1. The summed E-state index contributed by atoms with van der Waals surface area (Å²) in [5, 5.41) is 29.6. The van der Waals surface area contributed by atoms with Crippen LogP contribution in [0.5, 0.6) is 11.5 Å². The lowest BCUT2D eigenvalue weighted by atomic mass is 10.1. The number of hydrogen-bond acceptors (Lipinski definition) is 10. The van der Waals surface area contributed by atoms with Crippen molar-refractivity contribution in [3.8, 4) is 11.5 Å². The van der Waals surface area contributed by atoms with E-state index in [1.807, 2.05) is 0 Å². The molecule has 0 unspecified atom stereocenters. The van der Waals surface area contributed by atoms with Crippen molar-refractivity contribution in [1.82, 2.24) is 15.2 Å². The van der Waals surface area contributed by atoms with Crippen LogP contribution in [-0.4, -0.2) is 38.5 Å². The molecule has 164 valence electrons. The van der Waals surface area contributed by atoms with E-state index in [0.29, 0.717) is 11.5 Å². The summed E-state index contributed by atoms with van der Waals surface area (Å²) in [4.78, 5) is 33.1. The molecule has 1 N–H and O–H groups in total. The quantitative estimate of drug-likeness (QED) is 0.286. The normalized spacial score (nSPS) is 12.3. The average Bonchev–Trinajstić information content (AvgIpc) is 3.47. The molecular formula is C17H11BrN6O8. The molecule has 1 aliphatic heterocycles. The van der Waals surface area contributed by atoms with Crippen molar-refractivity contribution in [3.63, 3.8) is 0 Å². The lowest BCUT2D eigenvalue weighted by molar-refractivity contribution is -0.390. The average molecular weight is 507 g/mol. The zero-order chi connectivity index (χ0) is 22.8. The minimum atomic E-state index is -0.705. The van der Waals surface area contributed by atoms with Gasteiger partial charge in [0.2, 0.25) is 6.79 Å². The number of carbonyl (C=O) groups excluding carboxylic acids is 1. The van der Waals surface area contributed by atoms with E-state index in [2.05, 4.69) is 31.6 Å². The van der Waals surface area contributed by atoms with Gasteiger partial charge in [0.1, 0.15) is 16.8 Å². The molecule has 4 rings (SSSR count). The highest BCUT2D eigenvalue weighted by molar-refractivity contribution is 9.10. The molecule has 0 radical (unpaired) electrons. The lowest BCUT2D eigenvalue weighted by Crippen LogP contribution is -2.17. The van der Waals surface area contributed by atoms with Gasteiger partial charge in [-0.1, -0.05) is 0 Å². The van der Waals surface area contributed by atoms with Gasteiger partial charge in [0.15, 0.2) is 17.3 Å². The maximum Gasteiger partial charge on any atom is 0.404 e. The van der Waals surface area contributed by atoms with E-state index in [1.54, 1.807) is 0 Å². The number of benzene rings is 1. The Balaban J connectivity index is 1.43. The molecule has 3 aromatic rings. The Morgan fingerprint density at radius 1 is 1.25 bits per heavy atom. The third-order valence-electron chi connectivity index (χ3n) is 4.16. The Hall–Kier alpha value is -4.27. The SMILES string of the molecule is O=C(NN=Cc1cc2c(cc1[N+](=O)[O-])OCO2)c1ccc(Cn2cc(Br)c([N+](=O)[O-])n2)o1. The predicted octanol–water partition coefficient (Wildman–Crippen LogP) is 2.60. The molecule has 15 heteroatoms. The van der Waals surface area contributed by atoms with Gasteiger partial charge >= 0.3 is 11.7 Å². The van der Waals surface area contributed by atoms with Crippen molar-refractivity contribution in [2.75, 3.05) is 6.79 Å². The lowest BCUT2D eigenvalue weighted by Gasteiger charge is -2.01. The molecule has 14 nitrogen and oxygen atoms in total. The van der Waals surface area contributed by atoms with Gasteiger partial charge in [-0.05, 0) is 39.1 Å². The minimum Gasteiger partial charge on any atom is -0.454 e. The topological polar surface area (TPSA) is 177 Å². The van der Waals surface area contributed by atoms with E-state index in [9.17, 15) is 25.0 Å². The molecule has 0 atom stereocenters. The van der Waals surface area contributed by atoms with E-state index in [1.165, 1.54) is 35.1 Å². The highest BCUT2D eigenvalue weighted by atomic mass is 79.9. The van der Waals surface area contributed by atoms with Crippen molar-refractivity contribution in [3.05, 3.63) is 72.2 Å². The van der Waals surface area contributed by atoms with Crippen LogP contribution in [0.2, 0.25) is 0 Å². The number of carbonyl (C=O) groups is 1. The second kappa shape index (κ2) is 8.46. The van der Waals surface area contributed by atoms with Crippen LogP contribution < -0.4 is 14.9 Å². The van der Waals surface area contributed by atoms with Gasteiger partial charge in [-0.2, -0.15) is 9.78 Å². The first-order valence-corrected chi connectivity index (χ1v) is 9.48. The third-order valence-corrected chi connectivity index (χ3v) is 4.72. The molecular weight excluding hydrogens is 496 g/mol. The first-order chi connectivity index (χ1) is 15.3. The molecule has 0 saturated heterocycles. The van der Waals surface area contributed by atoms with Crippen LogP contribution in [0.25, 0.3) is 0 Å². The Morgan fingerprint density at radius 3 is 2.69 bits per heavy atom. The van der Waals surface area contributed by atoms with Crippen LogP contribution in [0.1, 0.15) is 21.9 Å². The zero-order valence-electron chi connectivity index (χ0n) is 15.8. The fraction of sp³-hybridized carbons (Fsp3) is 0.118. The van der Waals surface area contributed by atoms with Crippen LogP contribution in [-0.2, 0) is 6.54 Å². The Bertz CT molecular complexity index is 1270. The number of amides is 1. The molecule has 1 amide bonds. The number of nitro benzene ring substituents is 1. The van der Waals surface area contributed by atoms with E-state index in [-0.39, 0.29) is 46.4 Å². The second-order valence-corrected chi connectivity index (χ2v) is 7.10. The summed E-state index contributed by atoms with van der Waals surface area (Å²) in [7, 11) is 0. The summed E-state index contributed by atoms with van der Waals surface area (Å²) < 4.78 is 17.2. The largest absolute Gasteiger partial charge is 0.454 e. The smallest absolute Gasteiger partial charge is 0.404 e. The van der Waals surface area contributed by atoms with E-state index in [4.69, 9.17) is 13.9 Å². The molecule has 1 aliphatic rings. The number of nitro groups is 2. The highest BCUT2D eigenvalue weighted by Crippen LogP contribution is 2.37. The first kappa shape index (κ1) is 21.0. The van der Waals surface area contributed by atoms with Crippen LogP contribution >= 0.6 is 15.9 Å². The van der Waals surface area contributed by atoms with Crippen LogP contribution in [0.4, 0.5) is 11.5 Å². The fourth-order valence-electron chi connectivity index (χ4n) is 2.76. The molecule has 1 aromatic carbocycles. The number of fused-ring (bicyclic) bond motifs is 1. The zero-order valence-corrected chi connectivity index (χ0v) is 17.3. The van der Waals surface area contributed by atoms with Crippen molar-refractivity contribution in [2.24, 2.45) is 5.10 Å². The number of halogens is 1. The number of nitrogens with zero attached hydrogens (tertiary/aromatic N) is 5. The van der Waals surface area contributed by atoms with Crippen LogP contribution in [0.15, 0.2) is 44.5 Å². The van der Waals surface area contributed by atoms with Gasteiger partial charge in [-0.25, -0.2) is 5.43 Å². The number of aromatic nitrogens is 2. The molecule has 0 spiro atoms. The van der Waals surface area contributed by atoms with E-state index >= 15 is 0 Å². The van der Waals surface area contributed by atoms with Gasteiger partial charge in [0.25, 0.3) is 5.69 Å². The Kier molecular flexibility index (Phi) is 5.55. The van der Waals surface area contributed by atoms with E-state index in [0.717, 1.165) is 6.21 Å². The molecule has 0 saturated carbocycles. The monoisotopic (exact) mass is 506 g/mol. The summed E-state index contributed by atoms with van der Waals surface area (Å²) in [5.74, 6) is -0.251. The molecule has 0 bridgehead atoms. The third kappa shape index (κ3) is 4.27. The van der Waals surface area contributed by atoms with E-state index < -0.39 is 15.8 Å². The Morgan fingerprint density at radius 2 is 2.00 bits per heavy atom. The van der Waals surface area contributed by atoms with Gasteiger partial charge in [0, 0.05) is 0 Å².